The van der Waals surface area contributed by atoms with Crippen molar-refractivity contribution in [3.8, 4) is 5.75 Å². The SMILES string of the molecule is COc1ccc(Cc2cc3c(cc2C)CO[C@@]32CC(O)CC(CO)O2)cc1. The largest absolute Gasteiger partial charge is 0.497 e. The maximum Gasteiger partial charge on any atom is 0.198 e. The summed E-state index contributed by atoms with van der Waals surface area (Å²) >= 11 is 0. The number of hydrogen-bond acceptors (Lipinski definition) is 5. The van der Waals surface area contributed by atoms with E-state index in [0.717, 1.165) is 23.3 Å². The molecule has 2 aromatic carbocycles. The second-order valence-corrected chi connectivity index (χ2v) is 7.52. The fourth-order valence-corrected chi connectivity index (χ4v) is 4.15. The molecule has 0 aromatic heterocycles. The van der Waals surface area contributed by atoms with Crippen LogP contribution in [-0.2, 0) is 28.3 Å². The predicted octanol–water partition coefficient (Wildman–Crippen LogP) is 2.81. The van der Waals surface area contributed by atoms with Crippen molar-refractivity contribution in [3.63, 3.8) is 0 Å². The van der Waals surface area contributed by atoms with E-state index >= 15 is 0 Å². The Morgan fingerprint density at radius 3 is 2.70 bits per heavy atom. The van der Waals surface area contributed by atoms with Crippen LogP contribution >= 0.6 is 0 Å². The highest BCUT2D eigenvalue weighted by Crippen LogP contribution is 2.46. The number of rotatable bonds is 4. The first-order valence-corrected chi connectivity index (χ1v) is 9.39. The molecule has 0 aliphatic carbocycles. The molecule has 27 heavy (non-hydrogen) atoms. The minimum Gasteiger partial charge on any atom is -0.497 e. The average Bonchev–Trinajstić information content (AvgIpc) is 2.98. The van der Waals surface area contributed by atoms with Crippen LogP contribution in [0.1, 0.15) is 40.7 Å². The molecule has 1 fully saturated rings. The number of fused-ring (bicyclic) bond motifs is 2. The van der Waals surface area contributed by atoms with Crippen LogP contribution in [0, 0.1) is 6.92 Å². The summed E-state index contributed by atoms with van der Waals surface area (Å²) in [6.45, 7) is 2.45. The first-order chi connectivity index (χ1) is 13.0. The lowest BCUT2D eigenvalue weighted by Gasteiger charge is -2.40. The molecular weight excluding hydrogens is 344 g/mol. The van der Waals surface area contributed by atoms with Gasteiger partial charge in [-0.15, -0.1) is 0 Å². The van der Waals surface area contributed by atoms with Crippen molar-refractivity contribution in [1.82, 2.24) is 0 Å². The van der Waals surface area contributed by atoms with Crippen molar-refractivity contribution < 1.29 is 24.4 Å². The Balaban J connectivity index is 1.66. The van der Waals surface area contributed by atoms with E-state index < -0.39 is 18.0 Å². The lowest BCUT2D eigenvalue weighted by atomic mass is 9.88. The number of methoxy groups -OCH3 is 1. The monoisotopic (exact) mass is 370 g/mol. The number of aryl methyl sites for hydroxylation is 1. The summed E-state index contributed by atoms with van der Waals surface area (Å²) in [5, 5.41) is 19.8. The second kappa shape index (κ2) is 7.24. The summed E-state index contributed by atoms with van der Waals surface area (Å²) in [5.41, 5.74) is 5.68. The summed E-state index contributed by atoms with van der Waals surface area (Å²) in [6.07, 6.45) is 0.660. The zero-order chi connectivity index (χ0) is 19.0. The molecular formula is C22H26O5. The molecule has 2 aromatic rings. The van der Waals surface area contributed by atoms with Crippen LogP contribution in [0.5, 0.6) is 5.75 Å². The molecule has 144 valence electrons. The fraction of sp³-hybridized carbons (Fsp3) is 0.455. The second-order valence-electron chi connectivity index (χ2n) is 7.52. The molecule has 5 nitrogen and oxygen atoms in total. The third-order valence-electron chi connectivity index (χ3n) is 5.59. The molecule has 3 atom stereocenters. The van der Waals surface area contributed by atoms with Gasteiger partial charge in [-0.1, -0.05) is 18.2 Å². The summed E-state index contributed by atoms with van der Waals surface area (Å²) < 4.78 is 17.4. The van der Waals surface area contributed by atoms with Gasteiger partial charge in [-0.2, -0.15) is 0 Å². The van der Waals surface area contributed by atoms with Gasteiger partial charge in [0.05, 0.1) is 32.5 Å². The van der Waals surface area contributed by atoms with Gasteiger partial charge < -0.3 is 24.4 Å². The standard InChI is InChI=1S/C22H26O5/c1-14-7-17-13-26-22(11-18(24)10-20(12-23)27-22)21(17)9-16(14)8-15-3-5-19(25-2)6-4-15/h3-7,9,18,20,23-24H,8,10-13H2,1-2H3/t18?,20?,22-/m1/s1. The fourth-order valence-electron chi connectivity index (χ4n) is 4.15. The first kappa shape index (κ1) is 18.4. The normalized spacial score (nSPS) is 27.0. The van der Waals surface area contributed by atoms with E-state index in [2.05, 4.69) is 31.2 Å². The van der Waals surface area contributed by atoms with Crippen molar-refractivity contribution >= 4 is 0 Å². The van der Waals surface area contributed by atoms with Crippen LogP contribution in [0.2, 0.25) is 0 Å². The molecule has 2 aliphatic heterocycles. The number of aliphatic hydroxyl groups excluding tert-OH is 2. The quantitative estimate of drug-likeness (QED) is 0.866. The van der Waals surface area contributed by atoms with E-state index in [-0.39, 0.29) is 6.61 Å². The summed E-state index contributed by atoms with van der Waals surface area (Å²) in [6, 6.07) is 12.4. The molecule has 0 amide bonds. The molecule has 1 spiro atoms. The van der Waals surface area contributed by atoms with E-state index in [9.17, 15) is 10.2 Å². The topological polar surface area (TPSA) is 68.2 Å². The van der Waals surface area contributed by atoms with Crippen LogP contribution in [0.3, 0.4) is 0 Å². The lowest BCUT2D eigenvalue weighted by Crippen LogP contribution is -2.45. The molecule has 0 saturated carbocycles. The van der Waals surface area contributed by atoms with Crippen LogP contribution in [0.4, 0.5) is 0 Å². The number of aliphatic hydroxyl groups is 2. The highest BCUT2D eigenvalue weighted by atomic mass is 16.7. The Hall–Kier alpha value is -1.92. The van der Waals surface area contributed by atoms with Crippen LogP contribution in [-0.4, -0.2) is 36.1 Å². The minimum absolute atomic E-state index is 0.123. The van der Waals surface area contributed by atoms with Gasteiger partial charge in [0.1, 0.15) is 5.75 Å². The molecule has 0 bridgehead atoms. The van der Waals surface area contributed by atoms with Crippen molar-refractivity contribution in [1.29, 1.82) is 0 Å². The van der Waals surface area contributed by atoms with E-state index in [1.54, 1.807) is 7.11 Å². The third kappa shape index (κ3) is 3.48. The minimum atomic E-state index is -0.956. The molecule has 2 heterocycles. The average molecular weight is 370 g/mol. The summed E-state index contributed by atoms with van der Waals surface area (Å²) in [5.74, 6) is -0.112. The van der Waals surface area contributed by atoms with E-state index in [0.29, 0.717) is 19.4 Å². The molecule has 5 heteroatoms. The van der Waals surface area contributed by atoms with E-state index in [4.69, 9.17) is 14.2 Å². The first-order valence-electron chi connectivity index (χ1n) is 9.39. The Bertz CT molecular complexity index is 816. The van der Waals surface area contributed by atoms with Crippen LogP contribution in [0.25, 0.3) is 0 Å². The van der Waals surface area contributed by atoms with Gasteiger partial charge >= 0.3 is 0 Å². The van der Waals surface area contributed by atoms with E-state index in [1.165, 1.54) is 16.7 Å². The smallest absolute Gasteiger partial charge is 0.198 e. The Kier molecular flexibility index (Phi) is 4.95. The van der Waals surface area contributed by atoms with Gasteiger partial charge in [-0.3, -0.25) is 0 Å². The number of hydrogen-bond donors (Lipinski definition) is 2. The molecule has 4 rings (SSSR count). The maximum absolute atomic E-state index is 10.3. The summed E-state index contributed by atoms with van der Waals surface area (Å²) in [4.78, 5) is 0. The summed E-state index contributed by atoms with van der Waals surface area (Å²) in [7, 11) is 1.66. The zero-order valence-corrected chi connectivity index (χ0v) is 15.8. The molecule has 1 saturated heterocycles. The Morgan fingerprint density at radius 2 is 2.00 bits per heavy atom. The number of ether oxygens (including phenoxy) is 3. The van der Waals surface area contributed by atoms with Gasteiger partial charge in [-0.05, 0) is 53.8 Å². The van der Waals surface area contributed by atoms with Crippen molar-refractivity contribution in [2.75, 3.05) is 13.7 Å². The predicted molar refractivity (Wildman–Crippen MR) is 101 cm³/mol. The third-order valence-corrected chi connectivity index (χ3v) is 5.59. The molecule has 2 N–H and O–H groups in total. The van der Waals surface area contributed by atoms with Gasteiger partial charge in [0, 0.05) is 18.4 Å². The maximum atomic E-state index is 10.3. The number of benzene rings is 2. The van der Waals surface area contributed by atoms with Gasteiger partial charge in [0.25, 0.3) is 0 Å². The van der Waals surface area contributed by atoms with Crippen LogP contribution < -0.4 is 4.74 Å². The van der Waals surface area contributed by atoms with Crippen LogP contribution in [0.15, 0.2) is 36.4 Å². The zero-order valence-electron chi connectivity index (χ0n) is 15.8. The highest BCUT2D eigenvalue weighted by molar-refractivity contribution is 5.44. The Labute approximate surface area is 159 Å². The van der Waals surface area contributed by atoms with Gasteiger partial charge in [0.15, 0.2) is 5.79 Å². The molecule has 2 aliphatic rings. The van der Waals surface area contributed by atoms with Crippen molar-refractivity contribution in [2.24, 2.45) is 0 Å². The molecule has 2 unspecified atom stereocenters. The van der Waals surface area contributed by atoms with E-state index in [1.807, 2.05) is 12.1 Å². The molecule has 0 radical (unpaired) electrons. The highest BCUT2D eigenvalue weighted by Gasteiger charge is 2.48. The Morgan fingerprint density at radius 1 is 1.22 bits per heavy atom. The van der Waals surface area contributed by atoms with Gasteiger partial charge in [0.2, 0.25) is 0 Å². The lowest BCUT2D eigenvalue weighted by molar-refractivity contribution is -0.302. The van der Waals surface area contributed by atoms with Gasteiger partial charge in [-0.25, -0.2) is 0 Å². The van der Waals surface area contributed by atoms with Crippen molar-refractivity contribution in [3.05, 3.63) is 64.2 Å². The van der Waals surface area contributed by atoms with Crippen molar-refractivity contribution in [2.45, 2.75) is 50.8 Å².